The Hall–Kier alpha value is -0.210. The summed E-state index contributed by atoms with van der Waals surface area (Å²) in [6.45, 7) is 0. The molecule has 1 aromatic carbocycles. The van der Waals surface area contributed by atoms with Gasteiger partial charge in [-0.3, -0.25) is 0 Å². The van der Waals surface area contributed by atoms with E-state index in [0.29, 0.717) is 11.8 Å². The third-order valence-electron chi connectivity index (χ3n) is 2.62. The molecule has 0 aliphatic heterocycles. The molecular weight excluding hydrogens is 243 g/mol. The van der Waals surface area contributed by atoms with Gasteiger partial charge in [-0.25, -0.2) is 4.39 Å². The fourth-order valence-electron chi connectivity index (χ4n) is 1.70. The Labute approximate surface area is 107 Å². The van der Waals surface area contributed by atoms with Crippen molar-refractivity contribution in [1.82, 2.24) is 0 Å². The molecular formula is C13H18ClFS. The lowest BCUT2D eigenvalue weighted by Gasteiger charge is -2.13. The number of benzene rings is 1. The molecule has 0 radical (unpaired) electrons. The van der Waals surface area contributed by atoms with Gasteiger partial charge in [0.1, 0.15) is 5.82 Å². The summed E-state index contributed by atoms with van der Waals surface area (Å²) in [6, 6.07) is 6.73. The predicted molar refractivity (Wildman–Crippen MR) is 71.9 cm³/mol. The lowest BCUT2D eigenvalue weighted by Crippen LogP contribution is -2.07. The first kappa shape index (κ1) is 13.9. The zero-order chi connectivity index (χ0) is 11.8. The largest absolute Gasteiger partial charge is 0.207 e. The van der Waals surface area contributed by atoms with Crippen molar-refractivity contribution < 1.29 is 4.39 Å². The SMILES string of the molecule is CSCCCC(CCl)Cc1ccc(F)cc1. The summed E-state index contributed by atoms with van der Waals surface area (Å²) in [7, 11) is 0. The van der Waals surface area contributed by atoms with Crippen LogP contribution in [0, 0.1) is 11.7 Å². The highest BCUT2D eigenvalue weighted by Crippen LogP contribution is 2.17. The van der Waals surface area contributed by atoms with Gasteiger partial charge < -0.3 is 0 Å². The molecule has 1 unspecified atom stereocenters. The van der Waals surface area contributed by atoms with Crippen LogP contribution in [0.25, 0.3) is 0 Å². The van der Waals surface area contributed by atoms with E-state index in [4.69, 9.17) is 11.6 Å². The third-order valence-corrected chi connectivity index (χ3v) is 3.75. The molecule has 0 saturated carbocycles. The van der Waals surface area contributed by atoms with Gasteiger partial charge in [-0.2, -0.15) is 11.8 Å². The van der Waals surface area contributed by atoms with Crippen LogP contribution >= 0.6 is 23.4 Å². The number of alkyl halides is 1. The van der Waals surface area contributed by atoms with Gasteiger partial charge in [0, 0.05) is 5.88 Å². The monoisotopic (exact) mass is 260 g/mol. The van der Waals surface area contributed by atoms with Crippen LogP contribution < -0.4 is 0 Å². The first-order valence-corrected chi connectivity index (χ1v) is 7.48. The molecule has 1 atom stereocenters. The highest BCUT2D eigenvalue weighted by atomic mass is 35.5. The van der Waals surface area contributed by atoms with Crippen molar-refractivity contribution in [3.8, 4) is 0 Å². The minimum Gasteiger partial charge on any atom is -0.207 e. The Morgan fingerprint density at radius 2 is 2.00 bits per heavy atom. The van der Waals surface area contributed by atoms with Gasteiger partial charge in [-0.1, -0.05) is 12.1 Å². The molecule has 0 heterocycles. The second-order valence-electron chi connectivity index (χ2n) is 3.99. The highest BCUT2D eigenvalue weighted by molar-refractivity contribution is 7.98. The Morgan fingerprint density at radius 3 is 2.56 bits per heavy atom. The average Bonchev–Trinajstić information content (AvgIpc) is 2.31. The summed E-state index contributed by atoms with van der Waals surface area (Å²) >= 11 is 7.82. The molecule has 3 heteroatoms. The lowest BCUT2D eigenvalue weighted by atomic mass is 9.97. The smallest absolute Gasteiger partial charge is 0.123 e. The molecule has 16 heavy (non-hydrogen) atoms. The van der Waals surface area contributed by atoms with E-state index < -0.39 is 0 Å². The molecule has 0 N–H and O–H groups in total. The fraction of sp³-hybridized carbons (Fsp3) is 0.538. The number of thioether (sulfide) groups is 1. The number of rotatable bonds is 7. The second kappa shape index (κ2) is 7.97. The summed E-state index contributed by atoms with van der Waals surface area (Å²) in [5, 5.41) is 0. The first-order valence-electron chi connectivity index (χ1n) is 5.55. The molecule has 0 nitrogen and oxygen atoms in total. The minimum atomic E-state index is -0.173. The number of hydrogen-bond acceptors (Lipinski definition) is 1. The van der Waals surface area contributed by atoms with E-state index in [9.17, 15) is 4.39 Å². The topological polar surface area (TPSA) is 0 Å². The van der Waals surface area contributed by atoms with Crippen LogP contribution in [0.4, 0.5) is 4.39 Å². The highest BCUT2D eigenvalue weighted by Gasteiger charge is 2.08. The van der Waals surface area contributed by atoms with Crippen molar-refractivity contribution in [2.24, 2.45) is 5.92 Å². The molecule has 1 rings (SSSR count). The van der Waals surface area contributed by atoms with E-state index in [1.807, 2.05) is 23.9 Å². The van der Waals surface area contributed by atoms with Crippen molar-refractivity contribution in [2.75, 3.05) is 17.9 Å². The molecule has 0 spiro atoms. The first-order chi connectivity index (χ1) is 7.76. The van der Waals surface area contributed by atoms with E-state index in [2.05, 4.69) is 6.26 Å². The van der Waals surface area contributed by atoms with E-state index in [1.165, 1.54) is 29.9 Å². The van der Waals surface area contributed by atoms with Crippen molar-refractivity contribution in [3.05, 3.63) is 35.6 Å². The normalized spacial score (nSPS) is 12.7. The third kappa shape index (κ3) is 5.22. The van der Waals surface area contributed by atoms with Gasteiger partial charge in [0.05, 0.1) is 0 Å². The minimum absolute atomic E-state index is 0.173. The lowest BCUT2D eigenvalue weighted by molar-refractivity contribution is 0.530. The predicted octanol–water partition coefficient (Wildman–Crippen LogP) is 4.37. The van der Waals surface area contributed by atoms with Crippen LogP contribution in [0.2, 0.25) is 0 Å². The van der Waals surface area contributed by atoms with E-state index in [-0.39, 0.29) is 5.82 Å². The molecule has 1 aromatic rings. The van der Waals surface area contributed by atoms with Crippen LogP contribution in [0.5, 0.6) is 0 Å². The summed E-state index contributed by atoms with van der Waals surface area (Å²) in [6.07, 6.45) is 5.44. The van der Waals surface area contributed by atoms with Crippen LogP contribution in [0.15, 0.2) is 24.3 Å². The molecule has 0 saturated heterocycles. The van der Waals surface area contributed by atoms with Gasteiger partial charge in [0.2, 0.25) is 0 Å². The quantitative estimate of drug-likeness (QED) is 0.518. The Balaban J connectivity index is 2.40. The second-order valence-corrected chi connectivity index (χ2v) is 5.28. The fourth-order valence-corrected chi connectivity index (χ4v) is 2.42. The van der Waals surface area contributed by atoms with Crippen LogP contribution in [-0.4, -0.2) is 17.9 Å². The van der Waals surface area contributed by atoms with Crippen molar-refractivity contribution in [2.45, 2.75) is 19.3 Å². The maximum Gasteiger partial charge on any atom is 0.123 e. The van der Waals surface area contributed by atoms with Crippen LogP contribution in [0.3, 0.4) is 0 Å². The molecule has 0 bridgehead atoms. The van der Waals surface area contributed by atoms with Crippen molar-refractivity contribution in [1.29, 1.82) is 0 Å². The van der Waals surface area contributed by atoms with E-state index in [1.54, 1.807) is 0 Å². The van der Waals surface area contributed by atoms with E-state index >= 15 is 0 Å². The van der Waals surface area contributed by atoms with Gasteiger partial charge in [0.25, 0.3) is 0 Å². The molecule has 0 aromatic heterocycles. The molecule has 0 amide bonds. The number of halogens is 2. The van der Waals surface area contributed by atoms with Crippen LogP contribution in [-0.2, 0) is 6.42 Å². The van der Waals surface area contributed by atoms with Crippen molar-refractivity contribution in [3.63, 3.8) is 0 Å². The van der Waals surface area contributed by atoms with E-state index in [0.717, 1.165) is 12.8 Å². The maximum atomic E-state index is 12.7. The molecule has 0 aliphatic carbocycles. The summed E-state index contributed by atoms with van der Waals surface area (Å²) in [4.78, 5) is 0. The average molecular weight is 261 g/mol. The Kier molecular flexibility index (Phi) is 6.90. The standard InChI is InChI=1S/C13H18ClFS/c1-16-8-2-3-12(10-14)9-11-4-6-13(15)7-5-11/h4-7,12H,2-3,8-10H2,1H3. The zero-order valence-electron chi connectivity index (χ0n) is 9.59. The summed E-state index contributed by atoms with van der Waals surface area (Å²) < 4.78 is 12.7. The zero-order valence-corrected chi connectivity index (χ0v) is 11.2. The van der Waals surface area contributed by atoms with Gasteiger partial charge in [-0.05, 0) is 54.9 Å². The number of hydrogen-bond donors (Lipinski definition) is 0. The molecule has 0 fully saturated rings. The molecule has 0 aliphatic rings. The van der Waals surface area contributed by atoms with Gasteiger partial charge >= 0.3 is 0 Å². The van der Waals surface area contributed by atoms with Gasteiger partial charge in [-0.15, -0.1) is 11.6 Å². The molecule has 90 valence electrons. The summed E-state index contributed by atoms with van der Waals surface area (Å²) in [5.41, 5.74) is 1.18. The Bertz CT molecular complexity index is 286. The van der Waals surface area contributed by atoms with Crippen LogP contribution in [0.1, 0.15) is 18.4 Å². The maximum absolute atomic E-state index is 12.7. The van der Waals surface area contributed by atoms with Crippen molar-refractivity contribution >= 4 is 23.4 Å². The summed E-state index contributed by atoms with van der Waals surface area (Å²) in [5.74, 6) is 2.22. The Morgan fingerprint density at radius 1 is 1.31 bits per heavy atom. The van der Waals surface area contributed by atoms with Gasteiger partial charge in [0.15, 0.2) is 0 Å².